The number of hydrogen-bond donors (Lipinski definition) is 1. The fourth-order valence-electron chi connectivity index (χ4n) is 6.32. The molecule has 0 aliphatic carbocycles. The van der Waals surface area contributed by atoms with Gasteiger partial charge in [0.15, 0.2) is 11.5 Å². The lowest BCUT2D eigenvalue weighted by Gasteiger charge is -2.46. The lowest BCUT2D eigenvalue weighted by molar-refractivity contribution is 0.127. The number of H-pyrrole nitrogens is 1. The maximum absolute atomic E-state index is 13.9. The second kappa shape index (κ2) is 9.54. The molecule has 4 aromatic carbocycles. The van der Waals surface area contributed by atoms with Gasteiger partial charge in [-0.3, -0.25) is 4.90 Å². The van der Waals surface area contributed by atoms with E-state index >= 15 is 0 Å². The van der Waals surface area contributed by atoms with E-state index < -0.39 is 0 Å². The van der Waals surface area contributed by atoms with Crippen molar-refractivity contribution in [2.75, 3.05) is 13.7 Å². The molecular weight excluding hydrogens is 494 g/mol. The van der Waals surface area contributed by atoms with Crippen LogP contribution < -0.4 is 9.47 Å². The number of aromatic nitrogens is 1. The highest BCUT2D eigenvalue weighted by Gasteiger charge is 2.41. The SMILES string of the molecule is COc1cc2c(cc1OCc1ccc(F)cc1)CCN1C2Cc2c([nH]c3ccccc23)C1c1ccc(F)cc1. The minimum absolute atomic E-state index is 0.0136. The van der Waals surface area contributed by atoms with Crippen LogP contribution in [0.4, 0.5) is 8.78 Å². The third kappa shape index (κ3) is 4.16. The highest BCUT2D eigenvalue weighted by Crippen LogP contribution is 2.49. The fourth-order valence-corrected chi connectivity index (χ4v) is 6.32. The first-order valence-corrected chi connectivity index (χ1v) is 13.3. The summed E-state index contributed by atoms with van der Waals surface area (Å²) in [4.78, 5) is 6.23. The zero-order chi connectivity index (χ0) is 26.5. The molecule has 6 heteroatoms. The smallest absolute Gasteiger partial charge is 0.161 e. The first kappa shape index (κ1) is 23.9. The Morgan fingerprint density at radius 2 is 1.64 bits per heavy atom. The van der Waals surface area contributed by atoms with Crippen LogP contribution in [0.25, 0.3) is 10.9 Å². The number of methoxy groups -OCH3 is 1. The van der Waals surface area contributed by atoms with Crippen molar-refractivity contribution in [1.82, 2.24) is 9.88 Å². The molecule has 0 radical (unpaired) electrons. The normalized spacial score (nSPS) is 18.3. The number of aromatic amines is 1. The van der Waals surface area contributed by atoms with E-state index in [-0.39, 0.29) is 23.7 Å². The molecule has 0 spiro atoms. The number of para-hydroxylation sites is 1. The van der Waals surface area contributed by atoms with Gasteiger partial charge < -0.3 is 14.5 Å². The van der Waals surface area contributed by atoms with E-state index in [4.69, 9.17) is 9.47 Å². The molecule has 0 saturated carbocycles. The average molecular weight is 523 g/mol. The summed E-state index contributed by atoms with van der Waals surface area (Å²) in [6.45, 7) is 1.19. The molecule has 2 unspecified atom stereocenters. The molecule has 39 heavy (non-hydrogen) atoms. The van der Waals surface area contributed by atoms with Gasteiger partial charge in [0.2, 0.25) is 0 Å². The zero-order valence-electron chi connectivity index (χ0n) is 21.6. The highest BCUT2D eigenvalue weighted by atomic mass is 19.1. The number of rotatable bonds is 5. The number of benzene rings is 4. The van der Waals surface area contributed by atoms with E-state index in [0.29, 0.717) is 18.1 Å². The number of fused-ring (bicyclic) bond motifs is 6. The lowest BCUT2D eigenvalue weighted by Crippen LogP contribution is -2.43. The Balaban J connectivity index is 1.29. The Morgan fingerprint density at radius 3 is 2.41 bits per heavy atom. The lowest BCUT2D eigenvalue weighted by atomic mass is 9.80. The van der Waals surface area contributed by atoms with Crippen LogP contribution in [-0.2, 0) is 19.4 Å². The van der Waals surface area contributed by atoms with Gasteiger partial charge in [-0.1, -0.05) is 42.5 Å². The van der Waals surface area contributed by atoms with E-state index in [2.05, 4.69) is 46.3 Å². The molecule has 0 fully saturated rings. The molecule has 0 bridgehead atoms. The van der Waals surface area contributed by atoms with E-state index in [1.807, 2.05) is 12.1 Å². The summed E-state index contributed by atoms with van der Waals surface area (Å²) in [5.41, 5.74) is 8.06. The fraction of sp³-hybridized carbons (Fsp3) is 0.212. The van der Waals surface area contributed by atoms with Crippen molar-refractivity contribution in [3.05, 3.63) is 130 Å². The van der Waals surface area contributed by atoms with E-state index in [9.17, 15) is 8.78 Å². The molecule has 4 nitrogen and oxygen atoms in total. The summed E-state index contributed by atoms with van der Waals surface area (Å²) in [6.07, 6.45) is 1.72. The molecule has 2 aliphatic rings. The summed E-state index contributed by atoms with van der Waals surface area (Å²) >= 11 is 0. The van der Waals surface area contributed by atoms with E-state index in [1.165, 1.54) is 39.9 Å². The van der Waals surface area contributed by atoms with Gasteiger partial charge in [0, 0.05) is 29.2 Å². The number of hydrogen-bond acceptors (Lipinski definition) is 3. The minimum atomic E-state index is -0.264. The van der Waals surface area contributed by atoms with Gasteiger partial charge in [0.1, 0.15) is 18.2 Å². The van der Waals surface area contributed by atoms with Crippen molar-refractivity contribution < 1.29 is 18.3 Å². The molecule has 196 valence electrons. The molecule has 7 rings (SSSR count). The summed E-state index contributed by atoms with van der Waals surface area (Å²) in [5, 5.41) is 1.23. The van der Waals surface area contributed by atoms with Crippen molar-refractivity contribution in [2.24, 2.45) is 0 Å². The summed E-state index contributed by atoms with van der Waals surface area (Å²) in [6, 6.07) is 26.0. The van der Waals surface area contributed by atoms with Crippen LogP contribution in [0, 0.1) is 11.6 Å². The second-order valence-electron chi connectivity index (χ2n) is 10.3. The maximum Gasteiger partial charge on any atom is 0.161 e. The quantitative estimate of drug-likeness (QED) is 0.264. The van der Waals surface area contributed by atoms with Gasteiger partial charge in [-0.15, -0.1) is 0 Å². The third-order valence-corrected chi connectivity index (χ3v) is 8.17. The Morgan fingerprint density at radius 1 is 0.897 bits per heavy atom. The third-order valence-electron chi connectivity index (χ3n) is 8.17. The molecule has 2 atom stereocenters. The zero-order valence-corrected chi connectivity index (χ0v) is 21.6. The van der Waals surface area contributed by atoms with Gasteiger partial charge >= 0.3 is 0 Å². The molecule has 5 aromatic rings. The molecule has 1 N–H and O–H groups in total. The Labute approximate surface area is 225 Å². The van der Waals surface area contributed by atoms with Crippen LogP contribution in [0.3, 0.4) is 0 Å². The minimum Gasteiger partial charge on any atom is -0.493 e. The van der Waals surface area contributed by atoms with Crippen molar-refractivity contribution in [3.63, 3.8) is 0 Å². The van der Waals surface area contributed by atoms with Gasteiger partial charge in [-0.05, 0) is 83.1 Å². The number of halogens is 2. The Bertz CT molecular complexity index is 1660. The molecule has 0 amide bonds. The summed E-state index contributed by atoms with van der Waals surface area (Å²) < 4.78 is 39.2. The second-order valence-corrected chi connectivity index (χ2v) is 10.3. The standard InChI is InChI=1S/C33H28F2N2O2/c1-38-30-18-26-22(16-31(30)39-19-20-6-10-23(34)11-7-20)14-15-37-29(26)17-27-25-4-2-3-5-28(25)36-32(27)33(37)21-8-12-24(35)13-9-21/h2-13,16,18,29,33,36H,14-15,17,19H2,1H3. The van der Waals surface area contributed by atoms with Crippen LogP contribution in [-0.4, -0.2) is 23.5 Å². The van der Waals surface area contributed by atoms with Crippen molar-refractivity contribution >= 4 is 10.9 Å². The number of nitrogens with zero attached hydrogens (tertiary/aromatic N) is 1. The van der Waals surface area contributed by atoms with Gasteiger partial charge in [0.25, 0.3) is 0 Å². The van der Waals surface area contributed by atoms with Gasteiger partial charge in [-0.2, -0.15) is 0 Å². The average Bonchev–Trinajstić information content (AvgIpc) is 3.34. The van der Waals surface area contributed by atoms with Crippen LogP contribution >= 0.6 is 0 Å². The largest absolute Gasteiger partial charge is 0.493 e. The molecular formula is C33H28F2N2O2. The molecule has 2 aliphatic heterocycles. The van der Waals surface area contributed by atoms with Crippen LogP contribution in [0.2, 0.25) is 0 Å². The predicted molar refractivity (Wildman–Crippen MR) is 147 cm³/mol. The first-order chi connectivity index (χ1) is 19.1. The first-order valence-electron chi connectivity index (χ1n) is 13.3. The number of ether oxygens (including phenoxy) is 2. The van der Waals surface area contributed by atoms with Gasteiger partial charge in [-0.25, -0.2) is 8.78 Å². The molecule has 0 saturated heterocycles. The summed E-state index contributed by atoms with van der Waals surface area (Å²) in [5.74, 6) is 0.873. The highest BCUT2D eigenvalue weighted by molar-refractivity contribution is 5.85. The molecule has 1 aromatic heterocycles. The Kier molecular flexibility index (Phi) is 5.85. The Hall–Kier alpha value is -4.16. The summed E-state index contributed by atoms with van der Waals surface area (Å²) in [7, 11) is 1.66. The van der Waals surface area contributed by atoms with Crippen LogP contribution in [0.5, 0.6) is 11.5 Å². The maximum atomic E-state index is 13.9. The number of nitrogens with one attached hydrogen (secondary N) is 1. The van der Waals surface area contributed by atoms with Crippen molar-refractivity contribution in [3.8, 4) is 11.5 Å². The topological polar surface area (TPSA) is 37.5 Å². The van der Waals surface area contributed by atoms with Crippen molar-refractivity contribution in [1.29, 1.82) is 0 Å². The van der Waals surface area contributed by atoms with Crippen LogP contribution in [0.1, 0.15) is 45.6 Å². The van der Waals surface area contributed by atoms with Crippen molar-refractivity contribution in [2.45, 2.75) is 31.5 Å². The monoisotopic (exact) mass is 522 g/mol. The van der Waals surface area contributed by atoms with Crippen LogP contribution in [0.15, 0.2) is 84.9 Å². The molecule has 3 heterocycles. The van der Waals surface area contributed by atoms with Gasteiger partial charge in [0.05, 0.1) is 13.2 Å². The predicted octanol–water partition coefficient (Wildman–Crippen LogP) is 7.28. The van der Waals surface area contributed by atoms with E-state index in [1.54, 1.807) is 31.4 Å². The van der Waals surface area contributed by atoms with E-state index in [0.717, 1.165) is 36.0 Å².